The summed E-state index contributed by atoms with van der Waals surface area (Å²) in [7, 11) is -3.48. The highest BCUT2D eigenvalue weighted by molar-refractivity contribution is 9.10. The largest absolute Gasteiger partial charge is 0.263 e. The van der Waals surface area contributed by atoms with Crippen LogP contribution < -0.4 is 4.72 Å². The van der Waals surface area contributed by atoms with Crippen LogP contribution in [-0.2, 0) is 16.4 Å². The number of nitrogens with zero attached hydrogens (tertiary/aromatic N) is 2. The Bertz CT molecular complexity index is 671. The van der Waals surface area contributed by atoms with E-state index in [2.05, 4.69) is 35.8 Å². The zero-order chi connectivity index (χ0) is 14.6. The Morgan fingerprint density at radius 3 is 2.90 bits per heavy atom. The average molecular weight is 359 g/mol. The highest BCUT2D eigenvalue weighted by Crippen LogP contribution is 2.20. The zero-order valence-corrected chi connectivity index (χ0v) is 13.3. The Morgan fingerprint density at radius 2 is 2.20 bits per heavy atom. The zero-order valence-electron chi connectivity index (χ0n) is 10.9. The van der Waals surface area contributed by atoms with Gasteiger partial charge >= 0.3 is 0 Å². The van der Waals surface area contributed by atoms with Crippen LogP contribution in [0.3, 0.4) is 0 Å². The van der Waals surface area contributed by atoms with Crippen molar-refractivity contribution >= 4 is 26.0 Å². The van der Waals surface area contributed by atoms with Gasteiger partial charge in [0.15, 0.2) is 0 Å². The molecule has 0 aliphatic rings. The fourth-order valence-electron chi connectivity index (χ4n) is 1.75. The molecule has 0 fully saturated rings. The molecular formula is C12H15BrN4O2S. The molecule has 0 unspecified atom stereocenters. The van der Waals surface area contributed by atoms with Crippen molar-refractivity contribution in [1.82, 2.24) is 19.9 Å². The van der Waals surface area contributed by atoms with E-state index in [4.69, 9.17) is 0 Å². The molecule has 0 radical (unpaired) electrons. The summed E-state index contributed by atoms with van der Waals surface area (Å²) in [5, 5.41) is 6.48. The van der Waals surface area contributed by atoms with Gasteiger partial charge < -0.3 is 0 Å². The fourth-order valence-corrected chi connectivity index (χ4v) is 3.61. The van der Waals surface area contributed by atoms with E-state index in [1.807, 2.05) is 6.07 Å². The average Bonchev–Trinajstić information content (AvgIpc) is 2.90. The Balaban J connectivity index is 1.95. The summed E-state index contributed by atoms with van der Waals surface area (Å²) in [6.45, 7) is 2.13. The van der Waals surface area contributed by atoms with Crippen molar-refractivity contribution < 1.29 is 8.42 Å². The molecule has 0 spiro atoms. The minimum atomic E-state index is -3.48. The first-order valence-corrected chi connectivity index (χ1v) is 8.37. The van der Waals surface area contributed by atoms with Crippen LogP contribution in [0.15, 0.2) is 33.9 Å². The maximum atomic E-state index is 12.2. The molecule has 0 aliphatic heterocycles. The number of sulfonamides is 1. The molecule has 8 heteroatoms. The standard InChI is InChI=1S/C12H15BrN4O2S/c1-9-4-5-10(13)7-11(9)20(18,19)16-6-2-3-12-14-8-15-17-12/h4-5,7-8,16H,2-3,6H2,1H3,(H,14,15,17). The molecule has 1 aromatic carbocycles. The highest BCUT2D eigenvalue weighted by Gasteiger charge is 2.16. The molecule has 0 amide bonds. The summed E-state index contributed by atoms with van der Waals surface area (Å²) < 4.78 is 27.7. The van der Waals surface area contributed by atoms with Gasteiger partial charge in [0.25, 0.3) is 0 Å². The number of aromatic amines is 1. The number of aromatic nitrogens is 3. The highest BCUT2D eigenvalue weighted by atomic mass is 79.9. The quantitative estimate of drug-likeness (QED) is 0.770. The smallest absolute Gasteiger partial charge is 0.240 e. The van der Waals surface area contributed by atoms with E-state index in [9.17, 15) is 8.42 Å². The lowest BCUT2D eigenvalue weighted by Crippen LogP contribution is -2.25. The Hall–Kier alpha value is -1.25. The molecule has 6 nitrogen and oxygen atoms in total. The maximum Gasteiger partial charge on any atom is 0.240 e. The van der Waals surface area contributed by atoms with E-state index in [0.29, 0.717) is 24.3 Å². The van der Waals surface area contributed by atoms with Crippen molar-refractivity contribution in [3.63, 3.8) is 0 Å². The molecule has 2 rings (SSSR count). The van der Waals surface area contributed by atoms with Crippen LogP contribution in [0, 0.1) is 6.92 Å². The van der Waals surface area contributed by atoms with Crippen LogP contribution in [0.5, 0.6) is 0 Å². The molecule has 2 N–H and O–H groups in total. The number of H-pyrrole nitrogens is 1. The number of hydrogen-bond donors (Lipinski definition) is 2. The molecule has 1 aromatic heterocycles. The molecule has 0 atom stereocenters. The SMILES string of the molecule is Cc1ccc(Br)cc1S(=O)(=O)NCCCc1ncn[nH]1. The van der Waals surface area contributed by atoms with Gasteiger partial charge in [0, 0.05) is 17.4 Å². The summed E-state index contributed by atoms with van der Waals surface area (Å²) in [4.78, 5) is 4.28. The van der Waals surface area contributed by atoms with E-state index in [-0.39, 0.29) is 0 Å². The Kier molecular flexibility index (Phi) is 4.90. The minimum absolute atomic E-state index is 0.298. The van der Waals surface area contributed by atoms with Crippen LogP contribution in [0.1, 0.15) is 17.8 Å². The van der Waals surface area contributed by atoms with Crippen molar-refractivity contribution in [2.24, 2.45) is 0 Å². The third-order valence-corrected chi connectivity index (χ3v) is 4.88. The summed E-state index contributed by atoms with van der Waals surface area (Å²) in [5.41, 5.74) is 0.718. The monoisotopic (exact) mass is 358 g/mol. The lowest BCUT2D eigenvalue weighted by atomic mass is 10.2. The summed E-state index contributed by atoms with van der Waals surface area (Å²) in [6, 6.07) is 5.19. The number of aryl methyl sites for hydroxylation is 2. The van der Waals surface area contributed by atoms with Gasteiger partial charge in [-0.3, -0.25) is 5.10 Å². The first-order valence-electron chi connectivity index (χ1n) is 6.09. The van der Waals surface area contributed by atoms with Gasteiger partial charge in [0.2, 0.25) is 10.0 Å². The van der Waals surface area contributed by atoms with Gasteiger partial charge in [-0.25, -0.2) is 18.1 Å². The van der Waals surface area contributed by atoms with Crippen molar-refractivity contribution in [3.05, 3.63) is 40.4 Å². The number of halogens is 1. The van der Waals surface area contributed by atoms with Gasteiger partial charge in [-0.2, -0.15) is 5.10 Å². The van der Waals surface area contributed by atoms with E-state index < -0.39 is 10.0 Å². The number of rotatable bonds is 6. The Labute approximate surface area is 126 Å². The second kappa shape index (κ2) is 6.47. The van der Waals surface area contributed by atoms with Crippen molar-refractivity contribution in [2.45, 2.75) is 24.7 Å². The number of hydrogen-bond acceptors (Lipinski definition) is 4. The second-order valence-electron chi connectivity index (χ2n) is 4.34. The van der Waals surface area contributed by atoms with Crippen LogP contribution in [0.2, 0.25) is 0 Å². The molecule has 0 saturated heterocycles. The van der Waals surface area contributed by atoms with E-state index in [1.54, 1.807) is 19.1 Å². The molecule has 0 bridgehead atoms. The lowest BCUT2D eigenvalue weighted by Gasteiger charge is -2.09. The Morgan fingerprint density at radius 1 is 1.40 bits per heavy atom. The normalized spacial score (nSPS) is 11.7. The van der Waals surface area contributed by atoms with Gasteiger partial charge in [0.1, 0.15) is 12.2 Å². The predicted molar refractivity (Wildman–Crippen MR) is 78.8 cm³/mol. The van der Waals surface area contributed by atoms with Crippen LogP contribution in [-0.4, -0.2) is 30.1 Å². The van der Waals surface area contributed by atoms with Gasteiger partial charge in [0.05, 0.1) is 4.90 Å². The maximum absolute atomic E-state index is 12.2. The molecule has 0 saturated carbocycles. The van der Waals surface area contributed by atoms with E-state index in [1.165, 1.54) is 6.33 Å². The molecular weight excluding hydrogens is 344 g/mol. The molecule has 1 heterocycles. The molecule has 2 aromatic rings. The van der Waals surface area contributed by atoms with Gasteiger partial charge in [-0.15, -0.1) is 0 Å². The topological polar surface area (TPSA) is 87.7 Å². The molecule has 0 aliphatic carbocycles. The molecule has 20 heavy (non-hydrogen) atoms. The second-order valence-corrected chi connectivity index (χ2v) is 6.99. The van der Waals surface area contributed by atoms with Gasteiger partial charge in [-0.1, -0.05) is 22.0 Å². The number of nitrogens with one attached hydrogen (secondary N) is 2. The van der Waals surface area contributed by atoms with Gasteiger partial charge in [-0.05, 0) is 31.0 Å². The lowest BCUT2D eigenvalue weighted by molar-refractivity contribution is 0.577. The van der Waals surface area contributed by atoms with Crippen LogP contribution in [0.25, 0.3) is 0 Å². The summed E-state index contributed by atoms with van der Waals surface area (Å²) in [5.74, 6) is 0.753. The third-order valence-electron chi connectivity index (χ3n) is 2.79. The fraction of sp³-hybridized carbons (Fsp3) is 0.333. The van der Waals surface area contributed by atoms with Crippen LogP contribution >= 0.6 is 15.9 Å². The third kappa shape index (κ3) is 3.87. The van der Waals surface area contributed by atoms with Crippen molar-refractivity contribution in [2.75, 3.05) is 6.54 Å². The summed E-state index contributed by atoms with van der Waals surface area (Å²) >= 11 is 3.29. The van der Waals surface area contributed by atoms with Crippen molar-refractivity contribution in [3.8, 4) is 0 Å². The summed E-state index contributed by atoms with van der Waals surface area (Å²) in [6.07, 6.45) is 2.74. The molecule has 108 valence electrons. The first kappa shape index (κ1) is 15.1. The number of benzene rings is 1. The van der Waals surface area contributed by atoms with E-state index in [0.717, 1.165) is 15.9 Å². The minimum Gasteiger partial charge on any atom is -0.263 e. The predicted octanol–water partition coefficient (Wildman–Crippen LogP) is 1.79. The first-order chi connectivity index (χ1) is 9.49. The van der Waals surface area contributed by atoms with Crippen LogP contribution in [0.4, 0.5) is 0 Å². The van der Waals surface area contributed by atoms with Crippen molar-refractivity contribution in [1.29, 1.82) is 0 Å². The van der Waals surface area contributed by atoms with E-state index >= 15 is 0 Å².